The van der Waals surface area contributed by atoms with E-state index in [1.54, 1.807) is 12.1 Å². The molecule has 0 fully saturated rings. The Bertz CT molecular complexity index is 743. The number of amides is 2. The first-order chi connectivity index (χ1) is 12.0. The van der Waals surface area contributed by atoms with Gasteiger partial charge in [0, 0.05) is 5.56 Å². The van der Waals surface area contributed by atoms with Crippen LogP contribution in [-0.4, -0.2) is 16.9 Å². The van der Waals surface area contributed by atoms with Crippen LogP contribution in [0.1, 0.15) is 41.3 Å². The molecule has 2 aromatic rings. The predicted molar refractivity (Wildman–Crippen MR) is 102 cm³/mol. The van der Waals surface area contributed by atoms with Gasteiger partial charge >= 0.3 is 0 Å². The van der Waals surface area contributed by atoms with Crippen LogP contribution in [0.4, 0.5) is 0 Å². The highest BCUT2D eigenvalue weighted by atomic mass is 32.1. The van der Waals surface area contributed by atoms with Gasteiger partial charge in [-0.05, 0) is 41.4 Å². The Morgan fingerprint density at radius 3 is 2.20 bits per heavy atom. The van der Waals surface area contributed by atoms with Crippen LogP contribution in [-0.2, 0) is 11.2 Å². The highest BCUT2D eigenvalue weighted by molar-refractivity contribution is 7.80. The Morgan fingerprint density at radius 1 is 0.960 bits per heavy atom. The molecule has 0 aliphatic heterocycles. The second-order valence-electron chi connectivity index (χ2n) is 5.90. The van der Waals surface area contributed by atoms with E-state index in [-0.39, 0.29) is 23.3 Å². The number of hydrogen-bond acceptors (Lipinski definition) is 3. The van der Waals surface area contributed by atoms with Crippen LogP contribution in [0.5, 0.6) is 0 Å². The van der Waals surface area contributed by atoms with Crippen LogP contribution >= 0.6 is 12.2 Å². The van der Waals surface area contributed by atoms with Crippen molar-refractivity contribution in [2.75, 3.05) is 0 Å². The van der Waals surface area contributed by atoms with Gasteiger partial charge in [0.25, 0.3) is 5.91 Å². The standard InChI is InChI=1S/C19H21N3O2S/c1-13(2)15-8-10-16(11-9-15)18(24)20-19(25)22-21-17(23)12-14-6-4-3-5-7-14/h3-11,13H,12H2,1-2H3,(H,21,23)(H2,20,22,24,25). The first kappa shape index (κ1) is 18.6. The Balaban J connectivity index is 1.79. The number of benzene rings is 2. The van der Waals surface area contributed by atoms with Gasteiger partial charge in [0.15, 0.2) is 5.11 Å². The number of carbonyl (C=O) groups excluding carboxylic acids is 2. The van der Waals surface area contributed by atoms with E-state index in [0.29, 0.717) is 11.5 Å². The minimum atomic E-state index is -0.329. The van der Waals surface area contributed by atoms with E-state index in [0.717, 1.165) is 11.1 Å². The lowest BCUT2D eigenvalue weighted by Gasteiger charge is -2.11. The number of rotatable bonds is 4. The fourth-order valence-corrected chi connectivity index (χ4v) is 2.32. The third-order valence-electron chi connectivity index (χ3n) is 3.59. The summed E-state index contributed by atoms with van der Waals surface area (Å²) in [5, 5.41) is 2.57. The van der Waals surface area contributed by atoms with Crippen LogP contribution in [0.3, 0.4) is 0 Å². The summed E-state index contributed by atoms with van der Waals surface area (Å²) < 4.78 is 0. The minimum Gasteiger partial charge on any atom is -0.298 e. The molecule has 130 valence electrons. The zero-order valence-electron chi connectivity index (χ0n) is 14.2. The molecule has 0 saturated carbocycles. The molecule has 0 radical (unpaired) electrons. The first-order valence-corrected chi connectivity index (χ1v) is 8.40. The van der Waals surface area contributed by atoms with Crippen molar-refractivity contribution < 1.29 is 9.59 Å². The summed E-state index contributed by atoms with van der Waals surface area (Å²) in [6.07, 6.45) is 0.223. The second-order valence-corrected chi connectivity index (χ2v) is 6.30. The summed E-state index contributed by atoms with van der Waals surface area (Å²) in [5.74, 6) is -0.172. The summed E-state index contributed by atoms with van der Waals surface area (Å²) in [6.45, 7) is 4.18. The van der Waals surface area contributed by atoms with Crippen LogP contribution < -0.4 is 16.2 Å². The molecule has 2 rings (SSSR count). The van der Waals surface area contributed by atoms with Crippen molar-refractivity contribution in [2.24, 2.45) is 0 Å². The van der Waals surface area contributed by atoms with E-state index >= 15 is 0 Å². The second kappa shape index (κ2) is 8.94. The summed E-state index contributed by atoms with van der Waals surface area (Å²) in [6, 6.07) is 16.7. The van der Waals surface area contributed by atoms with E-state index in [2.05, 4.69) is 30.0 Å². The SMILES string of the molecule is CC(C)c1ccc(C(=O)NC(=S)NNC(=O)Cc2ccccc2)cc1. The van der Waals surface area contributed by atoms with Gasteiger partial charge in [0.2, 0.25) is 5.91 Å². The Kier molecular flexibility index (Phi) is 6.65. The Hall–Kier alpha value is -2.73. The average Bonchev–Trinajstić information content (AvgIpc) is 2.61. The summed E-state index contributed by atoms with van der Waals surface area (Å²) >= 11 is 5.02. The molecular formula is C19H21N3O2S. The van der Waals surface area contributed by atoms with Gasteiger partial charge in [-0.2, -0.15) is 0 Å². The molecule has 0 aliphatic rings. The maximum Gasteiger partial charge on any atom is 0.257 e. The van der Waals surface area contributed by atoms with Gasteiger partial charge in [0.05, 0.1) is 6.42 Å². The van der Waals surface area contributed by atoms with Crippen LogP contribution in [0.25, 0.3) is 0 Å². The summed E-state index contributed by atoms with van der Waals surface area (Å²) in [5.41, 5.74) is 7.55. The smallest absolute Gasteiger partial charge is 0.257 e. The van der Waals surface area contributed by atoms with Gasteiger partial charge in [-0.15, -0.1) is 0 Å². The van der Waals surface area contributed by atoms with Gasteiger partial charge in [-0.25, -0.2) is 0 Å². The molecule has 0 spiro atoms. The molecule has 25 heavy (non-hydrogen) atoms. The van der Waals surface area contributed by atoms with Crippen molar-refractivity contribution in [1.29, 1.82) is 0 Å². The molecule has 0 saturated heterocycles. The molecule has 2 amide bonds. The minimum absolute atomic E-state index is 0.0411. The molecule has 0 aromatic heterocycles. The van der Waals surface area contributed by atoms with E-state index in [1.807, 2.05) is 42.5 Å². The molecule has 2 aromatic carbocycles. The average molecular weight is 355 g/mol. The topological polar surface area (TPSA) is 70.2 Å². The summed E-state index contributed by atoms with van der Waals surface area (Å²) in [7, 11) is 0. The fraction of sp³-hybridized carbons (Fsp3) is 0.211. The number of carbonyl (C=O) groups is 2. The van der Waals surface area contributed by atoms with Crippen molar-refractivity contribution in [3.63, 3.8) is 0 Å². The molecule has 0 bridgehead atoms. The molecule has 3 N–H and O–H groups in total. The van der Waals surface area contributed by atoms with Gasteiger partial charge in [-0.3, -0.25) is 25.8 Å². The van der Waals surface area contributed by atoms with E-state index in [4.69, 9.17) is 12.2 Å². The normalized spacial score (nSPS) is 10.2. The lowest BCUT2D eigenvalue weighted by molar-refractivity contribution is -0.121. The Labute approximate surface area is 152 Å². The largest absolute Gasteiger partial charge is 0.298 e. The van der Waals surface area contributed by atoms with Crippen molar-refractivity contribution in [2.45, 2.75) is 26.2 Å². The third-order valence-corrected chi connectivity index (χ3v) is 3.79. The van der Waals surface area contributed by atoms with Gasteiger partial charge in [-0.1, -0.05) is 56.3 Å². The molecule has 0 unspecified atom stereocenters. The molecule has 0 atom stereocenters. The van der Waals surface area contributed by atoms with Gasteiger partial charge in [0.1, 0.15) is 0 Å². The van der Waals surface area contributed by atoms with E-state index in [1.165, 1.54) is 0 Å². The molecule has 0 aliphatic carbocycles. The van der Waals surface area contributed by atoms with Gasteiger partial charge < -0.3 is 0 Å². The molecule has 5 nitrogen and oxygen atoms in total. The number of nitrogens with one attached hydrogen (secondary N) is 3. The zero-order valence-corrected chi connectivity index (χ0v) is 15.0. The Morgan fingerprint density at radius 2 is 1.60 bits per heavy atom. The maximum absolute atomic E-state index is 12.1. The highest BCUT2D eigenvalue weighted by Crippen LogP contribution is 2.14. The molecule has 0 heterocycles. The molecular weight excluding hydrogens is 334 g/mol. The van der Waals surface area contributed by atoms with E-state index < -0.39 is 0 Å². The quantitative estimate of drug-likeness (QED) is 0.583. The van der Waals surface area contributed by atoms with Crippen molar-refractivity contribution in [3.8, 4) is 0 Å². The lowest BCUT2D eigenvalue weighted by atomic mass is 10.0. The van der Waals surface area contributed by atoms with Crippen molar-refractivity contribution in [3.05, 3.63) is 71.3 Å². The van der Waals surface area contributed by atoms with E-state index in [9.17, 15) is 9.59 Å². The maximum atomic E-state index is 12.1. The number of hydrogen-bond donors (Lipinski definition) is 3. The predicted octanol–water partition coefficient (Wildman–Crippen LogP) is 2.69. The van der Waals surface area contributed by atoms with Crippen molar-refractivity contribution in [1.82, 2.24) is 16.2 Å². The first-order valence-electron chi connectivity index (χ1n) is 7.99. The lowest BCUT2D eigenvalue weighted by Crippen LogP contribution is -2.48. The number of thiocarbonyl (C=S) groups is 1. The zero-order chi connectivity index (χ0) is 18.2. The van der Waals surface area contributed by atoms with Crippen molar-refractivity contribution >= 4 is 29.1 Å². The fourth-order valence-electron chi connectivity index (χ4n) is 2.18. The number of hydrazine groups is 1. The van der Waals surface area contributed by atoms with Crippen LogP contribution in [0, 0.1) is 0 Å². The van der Waals surface area contributed by atoms with Crippen LogP contribution in [0.15, 0.2) is 54.6 Å². The third kappa shape index (κ3) is 6.00. The van der Waals surface area contributed by atoms with Crippen LogP contribution in [0.2, 0.25) is 0 Å². The monoisotopic (exact) mass is 355 g/mol. The highest BCUT2D eigenvalue weighted by Gasteiger charge is 2.09. The summed E-state index contributed by atoms with van der Waals surface area (Å²) in [4.78, 5) is 23.9. The molecule has 6 heteroatoms.